The molecule has 2 rings (SSSR count). The number of alkyl halides is 1. The molecule has 0 aromatic heterocycles. The van der Waals surface area contributed by atoms with Crippen molar-refractivity contribution in [2.75, 3.05) is 6.61 Å². The van der Waals surface area contributed by atoms with Crippen LogP contribution in [0.5, 0.6) is 11.5 Å². The monoisotopic (exact) mass is 282 g/mol. The molecular weight excluding hydrogens is 260 g/mol. The molecule has 2 unspecified atom stereocenters. The van der Waals surface area contributed by atoms with Crippen LogP contribution in [0.1, 0.15) is 40.0 Å². The highest BCUT2D eigenvalue weighted by Crippen LogP contribution is 2.51. The van der Waals surface area contributed by atoms with E-state index in [1.807, 2.05) is 31.2 Å². The Hall–Kier alpha value is -0.890. The van der Waals surface area contributed by atoms with E-state index in [2.05, 4.69) is 13.8 Å². The second kappa shape index (κ2) is 6.04. The van der Waals surface area contributed by atoms with Crippen LogP contribution in [0.3, 0.4) is 0 Å². The molecule has 0 bridgehead atoms. The van der Waals surface area contributed by atoms with Crippen molar-refractivity contribution in [1.29, 1.82) is 0 Å². The van der Waals surface area contributed by atoms with E-state index in [1.54, 1.807) is 0 Å². The molecule has 1 saturated carbocycles. The normalized spacial score (nSPS) is 24.6. The second-order valence-corrected chi connectivity index (χ2v) is 5.68. The van der Waals surface area contributed by atoms with E-state index in [0.717, 1.165) is 30.8 Å². The van der Waals surface area contributed by atoms with Crippen molar-refractivity contribution < 1.29 is 9.47 Å². The van der Waals surface area contributed by atoms with Gasteiger partial charge in [0.1, 0.15) is 17.6 Å². The van der Waals surface area contributed by atoms with Crippen molar-refractivity contribution in [1.82, 2.24) is 0 Å². The van der Waals surface area contributed by atoms with Crippen LogP contribution in [0.4, 0.5) is 0 Å². The van der Waals surface area contributed by atoms with Crippen molar-refractivity contribution >= 4 is 11.6 Å². The fourth-order valence-electron chi connectivity index (χ4n) is 2.96. The highest BCUT2D eigenvalue weighted by atomic mass is 35.5. The maximum Gasteiger partial charge on any atom is 0.120 e. The minimum Gasteiger partial charge on any atom is -0.494 e. The Morgan fingerprint density at radius 3 is 2.16 bits per heavy atom. The Kier molecular flexibility index (Phi) is 4.62. The molecule has 3 heteroatoms. The van der Waals surface area contributed by atoms with Crippen LogP contribution in [-0.4, -0.2) is 18.1 Å². The largest absolute Gasteiger partial charge is 0.494 e. The summed E-state index contributed by atoms with van der Waals surface area (Å²) >= 11 is 6.40. The Morgan fingerprint density at radius 1 is 1.11 bits per heavy atom. The lowest BCUT2D eigenvalue weighted by molar-refractivity contribution is -0.0462. The molecule has 1 aliphatic carbocycles. The van der Waals surface area contributed by atoms with Crippen molar-refractivity contribution in [3.63, 3.8) is 0 Å². The first kappa shape index (κ1) is 14.5. The van der Waals surface area contributed by atoms with E-state index in [0.29, 0.717) is 6.61 Å². The molecule has 0 N–H and O–H groups in total. The fraction of sp³-hybridized carbons (Fsp3) is 0.625. The molecule has 0 spiro atoms. The van der Waals surface area contributed by atoms with Gasteiger partial charge in [-0.2, -0.15) is 0 Å². The van der Waals surface area contributed by atoms with Gasteiger partial charge in [-0.05, 0) is 44.0 Å². The van der Waals surface area contributed by atoms with E-state index < -0.39 is 0 Å². The fourth-order valence-corrected chi connectivity index (χ4v) is 3.57. The predicted octanol–water partition coefficient (Wildman–Crippen LogP) is 4.65. The second-order valence-electron chi connectivity index (χ2n) is 5.15. The van der Waals surface area contributed by atoms with Crippen LogP contribution in [-0.2, 0) is 0 Å². The molecule has 1 aromatic rings. The standard InChI is InChI=1S/C16H23ClO2/c1-4-16(5-2)14(17)11-15(16)19-13-9-7-12(8-10-13)18-6-3/h7-10,14-15H,4-6,11H2,1-3H3. The van der Waals surface area contributed by atoms with E-state index in [1.165, 1.54) is 0 Å². The van der Waals surface area contributed by atoms with Crippen LogP contribution in [0, 0.1) is 5.41 Å². The summed E-state index contributed by atoms with van der Waals surface area (Å²) in [4.78, 5) is 0. The highest BCUT2D eigenvalue weighted by molar-refractivity contribution is 6.21. The topological polar surface area (TPSA) is 18.5 Å². The molecule has 19 heavy (non-hydrogen) atoms. The zero-order chi connectivity index (χ0) is 13.9. The summed E-state index contributed by atoms with van der Waals surface area (Å²) in [7, 11) is 0. The quantitative estimate of drug-likeness (QED) is 0.707. The van der Waals surface area contributed by atoms with Crippen molar-refractivity contribution in [3.8, 4) is 11.5 Å². The molecule has 106 valence electrons. The highest BCUT2D eigenvalue weighted by Gasteiger charge is 2.53. The minimum atomic E-state index is 0.139. The summed E-state index contributed by atoms with van der Waals surface area (Å²) in [5, 5.41) is 0.246. The van der Waals surface area contributed by atoms with Crippen LogP contribution < -0.4 is 9.47 Å². The van der Waals surface area contributed by atoms with Crippen molar-refractivity contribution in [2.24, 2.45) is 5.41 Å². The van der Waals surface area contributed by atoms with Gasteiger partial charge < -0.3 is 9.47 Å². The van der Waals surface area contributed by atoms with E-state index in [9.17, 15) is 0 Å². The molecule has 1 aliphatic rings. The predicted molar refractivity (Wildman–Crippen MR) is 79.3 cm³/mol. The van der Waals surface area contributed by atoms with Gasteiger partial charge in [-0.3, -0.25) is 0 Å². The average molecular weight is 283 g/mol. The first-order valence-electron chi connectivity index (χ1n) is 7.19. The van der Waals surface area contributed by atoms with Crippen molar-refractivity contribution in [3.05, 3.63) is 24.3 Å². The van der Waals surface area contributed by atoms with Crippen LogP contribution >= 0.6 is 11.6 Å². The average Bonchev–Trinajstić information content (AvgIpc) is 2.42. The molecule has 1 aromatic carbocycles. The third kappa shape index (κ3) is 2.69. The molecule has 0 heterocycles. The Bertz CT molecular complexity index is 398. The smallest absolute Gasteiger partial charge is 0.120 e. The van der Waals surface area contributed by atoms with Gasteiger partial charge in [0.05, 0.1) is 6.61 Å². The van der Waals surface area contributed by atoms with Gasteiger partial charge in [0.25, 0.3) is 0 Å². The summed E-state index contributed by atoms with van der Waals surface area (Å²) in [6.45, 7) is 7.07. The number of halogens is 1. The zero-order valence-electron chi connectivity index (χ0n) is 12.0. The van der Waals surface area contributed by atoms with Crippen LogP contribution in [0.25, 0.3) is 0 Å². The molecule has 1 fully saturated rings. The molecular formula is C16H23ClO2. The molecule has 2 nitrogen and oxygen atoms in total. The molecule has 0 amide bonds. The van der Waals surface area contributed by atoms with E-state index in [4.69, 9.17) is 21.1 Å². The SMILES string of the molecule is CCOc1ccc(OC2CC(Cl)C2(CC)CC)cc1. The van der Waals surface area contributed by atoms with Crippen molar-refractivity contribution in [2.45, 2.75) is 51.5 Å². The van der Waals surface area contributed by atoms with Gasteiger partial charge in [-0.1, -0.05) is 13.8 Å². The van der Waals surface area contributed by atoms with E-state index >= 15 is 0 Å². The number of benzene rings is 1. The van der Waals surface area contributed by atoms with Gasteiger partial charge in [0, 0.05) is 17.2 Å². The lowest BCUT2D eigenvalue weighted by Crippen LogP contribution is -2.56. The maximum atomic E-state index is 6.40. The Morgan fingerprint density at radius 2 is 1.68 bits per heavy atom. The van der Waals surface area contributed by atoms with Crippen LogP contribution in [0.2, 0.25) is 0 Å². The number of ether oxygens (including phenoxy) is 2. The first-order valence-corrected chi connectivity index (χ1v) is 7.63. The van der Waals surface area contributed by atoms with Crippen LogP contribution in [0.15, 0.2) is 24.3 Å². The number of rotatable bonds is 6. The van der Waals surface area contributed by atoms with Gasteiger partial charge in [-0.25, -0.2) is 0 Å². The molecule has 0 aliphatic heterocycles. The Balaban J connectivity index is 2.01. The zero-order valence-corrected chi connectivity index (χ0v) is 12.7. The summed E-state index contributed by atoms with van der Waals surface area (Å²) in [6, 6.07) is 7.86. The first-order chi connectivity index (χ1) is 9.16. The Labute approximate surface area is 121 Å². The van der Waals surface area contributed by atoms with E-state index in [-0.39, 0.29) is 16.9 Å². The van der Waals surface area contributed by atoms with Gasteiger partial charge in [0.2, 0.25) is 0 Å². The van der Waals surface area contributed by atoms with Gasteiger partial charge >= 0.3 is 0 Å². The maximum absolute atomic E-state index is 6.40. The summed E-state index contributed by atoms with van der Waals surface area (Å²) in [5.74, 6) is 1.79. The third-order valence-corrected chi connectivity index (χ3v) is 5.03. The third-order valence-electron chi connectivity index (χ3n) is 4.42. The van der Waals surface area contributed by atoms with Gasteiger partial charge in [0.15, 0.2) is 0 Å². The molecule has 2 atom stereocenters. The lowest BCUT2D eigenvalue weighted by atomic mass is 9.62. The molecule has 0 saturated heterocycles. The van der Waals surface area contributed by atoms with Gasteiger partial charge in [-0.15, -0.1) is 11.6 Å². The lowest BCUT2D eigenvalue weighted by Gasteiger charge is -2.52. The summed E-state index contributed by atoms with van der Waals surface area (Å²) in [6.07, 6.45) is 3.32. The minimum absolute atomic E-state index is 0.139. The number of hydrogen-bond acceptors (Lipinski definition) is 2. The summed E-state index contributed by atoms with van der Waals surface area (Å²) in [5.41, 5.74) is 0.139. The number of hydrogen-bond donors (Lipinski definition) is 0. The molecule has 0 radical (unpaired) electrons. The summed E-state index contributed by atoms with van der Waals surface area (Å²) < 4.78 is 11.5.